The number of benzene rings is 1. The maximum Gasteiger partial charge on any atom is 0.126 e. The first kappa shape index (κ1) is 26.7. The molecular formula is C30H51FN2. The Morgan fingerprint density at radius 3 is 1.67 bits per heavy atom. The lowest BCUT2D eigenvalue weighted by molar-refractivity contribution is 0.122. The largest absolute Gasteiger partial charge is 0.307 e. The van der Waals surface area contributed by atoms with Crippen molar-refractivity contribution in [3.05, 3.63) is 35.1 Å². The summed E-state index contributed by atoms with van der Waals surface area (Å²) in [6, 6.07) is 6.04. The SMILES string of the molecule is CC1(C)CC(CCCCc2ccc(CCC3CC(C)(C)NC(C)(C)C3)c(F)c2)CC(C)(C)N1. The van der Waals surface area contributed by atoms with Crippen molar-refractivity contribution in [3.8, 4) is 0 Å². The Morgan fingerprint density at radius 1 is 0.697 bits per heavy atom. The molecular weight excluding hydrogens is 407 g/mol. The molecule has 2 aliphatic heterocycles. The zero-order chi connectivity index (χ0) is 24.5. The lowest BCUT2D eigenvalue weighted by Gasteiger charge is -2.46. The number of aryl methyl sites for hydroxylation is 2. The molecule has 0 atom stereocenters. The molecule has 0 saturated carbocycles. The highest BCUT2D eigenvalue weighted by atomic mass is 19.1. The average Bonchev–Trinajstić information content (AvgIpc) is 2.59. The number of hydrogen-bond donors (Lipinski definition) is 2. The molecule has 1 aromatic rings. The van der Waals surface area contributed by atoms with Gasteiger partial charge in [-0.3, -0.25) is 0 Å². The van der Waals surface area contributed by atoms with E-state index in [1.54, 1.807) is 0 Å². The van der Waals surface area contributed by atoms with E-state index in [9.17, 15) is 4.39 Å². The second kappa shape index (κ2) is 9.97. The molecule has 188 valence electrons. The maximum absolute atomic E-state index is 14.9. The van der Waals surface area contributed by atoms with Gasteiger partial charge in [-0.25, -0.2) is 4.39 Å². The summed E-state index contributed by atoms with van der Waals surface area (Å²) in [5.41, 5.74) is 2.83. The van der Waals surface area contributed by atoms with Crippen molar-refractivity contribution in [2.45, 2.75) is 142 Å². The fourth-order valence-electron chi connectivity index (χ4n) is 7.55. The van der Waals surface area contributed by atoms with E-state index in [1.807, 2.05) is 6.07 Å². The number of nitrogens with one attached hydrogen (secondary N) is 2. The molecule has 2 nitrogen and oxygen atoms in total. The molecule has 2 N–H and O–H groups in total. The predicted octanol–water partition coefficient (Wildman–Crippen LogP) is 7.58. The number of rotatable bonds is 8. The van der Waals surface area contributed by atoms with Gasteiger partial charge in [0.1, 0.15) is 5.82 Å². The normalized spacial score (nSPS) is 24.6. The van der Waals surface area contributed by atoms with Crippen LogP contribution in [0.25, 0.3) is 0 Å². The number of halogens is 1. The molecule has 0 bridgehead atoms. The summed E-state index contributed by atoms with van der Waals surface area (Å²) in [5, 5.41) is 7.54. The molecule has 0 unspecified atom stereocenters. The third-order valence-electron chi connectivity index (χ3n) is 7.82. The van der Waals surface area contributed by atoms with Gasteiger partial charge in [-0.1, -0.05) is 25.0 Å². The monoisotopic (exact) mass is 458 g/mol. The Bertz CT molecular complexity index is 760. The summed E-state index contributed by atoms with van der Waals surface area (Å²) in [4.78, 5) is 0. The van der Waals surface area contributed by atoms with Crippen molar-refractivity contribution in [2.75, 3.05) is 0 Å². The first-order valence-corrected chi connectivity index (χ1v) is 13.5. The Kier molecular flexibility index (Phi) is 8.06. The summed E-state index contributed by atoms with van der Waals surface area (Å²) < 4.78 is 14.9. The maximum atomic E-state index is 14.9. The summed E-state index contributed by atoms with van der Waals surface area (Å²) >= 11 is 0. The van der Waals surface area contributed by atoms with E-state index in [-0.39, 0.29) is 28.0 Å². The van der Waals surface area contributed by atoms with Crippen LogP contribution in [0.4, 0.5) is 4.39 Å². The van der Waals surface area contributed by atoms with Gasteiger partial charge in [0, 0.05) is 22.2 Å². The first-order chi connectivity index (χ1) is 15.1. The lowest BCUT2D eigenvalue weighted by atomic mass is 9.74. The Morgan fingerprint density at radius 2 is 1.18 bits per heavy atom. The van der Waals surface area contributed by atoms with Gasteiger partial charge in [0.05, 0.1) is 0 Å². The van der Waals surface area contributed by atoms with E-state index in [2.05, 4.69) is 78.2 Å². The topological polar surface area (TPSA) is 24.1 Å². The van der Waals surface area contributed by atoms with E-state index < -0.39 is 0 Å². The van der Waals surface area contributed by atoms with Gasteiger partial charge < -0.3 is 10.6 Å². The molecule has 1 aromatic carbocycles. The van der Waals surface area contributed by atoms with Crippen LogP contribution in [0, 0.1) is 17.7 Å². The van der Waals surface area contributed by atoms with Crippen molar-refractivity contribution >= 4 is 0 Å². The molecule has 0 aromatic heterocycles. The molecule has 2 saturated heterocycles. The van der Waals surface area contributed by atoms with E-state index in [0.717, 1.165) is 42.7 Å². The van der Waals surface area contributed by atoms with Crippen LogP contribution in [0.15, 0.2) is 18.2 Å². The average molecular weight is 459 g/mol. The molecule has 0 radical (unpaired) electrons. The fraction of sp³-hybridized carbons (Fsp3) is 0.800. The van der Waals surface area contributed by atoms with Crippen molar-refractivity contribution in [2.24, 2.45) is 11.8 Å². The third-order valence-corrected chi connectivity index (χ3v) is 7.82. The van der Waals surface area contributed by atoms with Gasteiger partial charge in [-0.05, 0) is 136 Å². The van der Waals surface area contributed by atoms with Crippen LogP contribution in [-0.4, -0.2) is 22.2 Å². The molecule has 2 aliphatic rings. The molecule has 0 amide bonds. The van der Waals surface area contributed by atoms with Crippen LogP contribution < -0.4 is 10.6 Å². The van der Waals surface area contributed by atoms with Crippen LogP contribution in [-0.2, 0) is 12.8 Å². The Balaban J connectivity index is 1.44. The van der Waals surface area contributed by atoms with Gasteiger partial charge in [0.15, 0.2) is 0 Å². The van der Waals surface area contributed by atoms with E-state index in [1.165, 1.54) is 38.5 Å². The van der Waals surface area contributed by atoms with Gasteiger partial charge in [0.25, 0.3) is 0 Å². The standard InChI is InChI=1S/C30H51FN2/c1-27(2)18-23(19-28(3,4)32-27)12-10-9-11-22-13-15-25(26(31)17-22)16-14-24-20-29(5,6)33-30(7,8)21-24/h13,15,17,23-24,32-33H,9-12,14,16,18-21H2,1-8H3. The number of unbranched alkanes of at least 4 members (excludes halogenated alkanes) is 1. The fourth-order valence-corrected chi connectivity index (χ4v) is 7.55. The summed E-state index contributed by atoms with van der Waals surface area (Å²) in [6.45, 7) is 18.5. The highest BCUT2D eigenvalue weighted by molar-refractivity contribution is 5.25. The van der Waals surface area contributed by atoms with Crippen LogP contribution in [0.1, 0.15) is 118 Å². The van der Waals surface area contributed by atoms with Gasteiger partial charge in [-0.2, -0.15) is 0 Å². The molecule has 33 heavy (non-hydrogen) atoms. The van der Waals surface area contributed by atoms with Crippen molar-refractivity contribution in [1.82, 2.24) is 10.6 Å². The lowest BCUT2D eigenvalue weighted by Crippen LogP contribution is -2.57. The molecule has 2 fully saturated rings. The zero-order valence-electron chi connectivity index (χ0n) is 22.8. The van der Waals surface area contributed by atoms with Crippen molar-refractivity contribution in [3.63, 3.8) is 0 Å². The summed E-state index contributed by atoms with van der Waals surface area (Å²) in [6.07, 6.45) is 11.4. The number of piperidine rings is 2. The van der Waals surface area contributed by atoms with E-state index in [4.69, 9.17) is 0 Å². The second-order valence-corrected chi connectivity index (χ2v) is 14.0. The third kappa shape index (κ3) is 8.35. The van der Waals surface area contributed by atoms with E-state index in [0.29, 0.717) is 5.92 Å². The Hall–Kier alpha value is -0.930. The molecule has 3 heteroatoms. The Labute approximate surface area is 203 Å². The minimum Gasteiger partial charge on any atom is -0.307 e. The minimum atomic E-state index is 0.00167. The number of hydrogen-bond acceptors (Lipinski definition) is 2. The molecule has 0 aliphatic carbocycles. The van der Waals surface area contributed by atoms with E-state index >= 15 is 0 Å². The van der Waals surface area contributed by atoms with Gasteiger partial charge >= 0.3 is 0 Å². The van der Waals surface area contributed by atoms with Crippen LogP contribution in [0.2, 0.25) is 0 Å². The molecule has 0 spiro atoms. The van der Waals surface area contributed by atoms with Crippen LogP contribution in [0.5, 0.6) is 0 Å². The predicted molar refractivity (Wildman–Crippen MR) is 140 cm³/mol. The van der Waals surface area contributed by atoms with Gasteiger partial charge in [0.2, 0.25) is 0 Å². The summed E-state index contributed by atoms with van der Waals surface area (Å²) in [5.74, 6) is 1.45. The van der Waals surface area contributed by atoms with Crippen LogP contribution >= 0.6 is 0 Å². The first-order valence-electron chi connectivity index (χ1n) is 13.5. The molecule has 2 heterocycles. The quantitative estimate of drug-likeness (QED) is 0.392. The van der Waals surface area contributed by atoms with Gasteiger partial charge in [-0.15, -0.1) is 0 Å². The highest BCUT2D eigenvalue weighted by Crippen LogP contribution is 2.36. The zero-order valence-corrected chi connectivity index (χ0v) is 22.8. The second-order valence-electron chi connectivity index (χ2n) is 14.0. The van der Waals surface area contributed by atoms with Crippen molar-refractivity contribution < 1.29 is 4.39 Å². The summed E-state index contributed by atoms with van der Waals surface area (Å²) in [7, 11) is 0. The van der Waals surface area contributed by atoms with Crippen LogP contribution in [0.3, 0.4) is 0 Å². The smallest absolute Gasteiger partial charge is 0.126 e. The van der Waals surface area contributed by atoms with Crippen molar-refractivity contribution in [1.29, 1.82) is 0 Å². The highest BCUT2D eigenvalue weighted by Gasteiger charge is 2.38. The molecule has 3 rings (SSSR count). The minimum absolute atomic E-state index is 0.00167.